The summed E-state index contributed by atoms with van der Waals surface area (Å²) in [5.41, 5.74) is 3.37. The van der Waals surface area contributed by atoms with Crippen LogP contribution in [0.3, 0.4) is 0 Å². The minimum atomic E-state index is 0.621. The Labute approximate surface area is 133 Å². The van der Waals surface area contributed by atoms with Crippen molar-refractivity contribution in [3.63, 3.8) is 0 Å². The first-order valence-electron chi connectivity index (χ1n) is 7.33. The lowest BCUT2D eigenvalue weighted by atomic mass is 10.1. The molecule has 0 fully saturated rings. The first kappa shape index (κ1) is 13.4. The van der Waals surface area contributed by atoms with Crippen molar-refractivity contribution in [3.8, 4) is 17.5 Å². The number of fused-ring (bicyclic) bond motifs is 1. The molecule has 2 aromatic heterocycles. The Morgan fingerprint density at radius 3 is 2.83 bits per heavy atom. The molecule has 2 aromatic carbocycles. The Kier molecular flexibility index (Phi) is 3.17. The number of hydrogen-bond donors (Lipinski definition) is 0. The predicted molar refractivity (Wildman–Crippen MR) is 87.7 cm³/mol. The number of aromatic nitrogens is 2. The Balaban J connectivity index is 1.62. The maximum Gasteiger partial charge on any atom is 0.155 e. The van der Waals surface area contributed by atoms with Crippen LogP contribution in [-0.4, -0.2) is 9.78 Å². The molecule has 0 radical (unpaired) electrons. The monoisotopic (exact) mass is 299 g/mol. The van der Waals surface area contributed by atoms with Crippen LogP contribution in [0.25, 0.3) is 22.4 Å². The van der Waals surface area contributed by atoms with E-state index in [1.54, 1.807) is 6.07 Å². The Morgan fingerprint density at radius 1 is 1.04 bits per heavy atom. The number of para-hydroxylation sites is 1. The standard InChI is InChI=1S/C19H13N3O/c20-12-14-4-3-5-15(10-14)13-22-9-8-17(21-22)19-11-16-6-1-2-7-18(16)23-19/h1-11H,13H2. The minimum absolute atomic E-state index is 0.621. The smallest absolute Gasteiger partial charge is 0.155 e. The molecule has 0 N–H and O–H groups in total. The van der Waals surface area contributed by atoms with Crippen LogP contribution in [0.4, 0.5) is 0 Å². The molecule has 0 bridgehead atoms. The van der Waals surface area contributed by atoms with Gasteiger partial charge in [0.1, 0.15) is 11.3 Å². The molecule has 23 heavy (non-hydrogen) atoms. The van der Waals surface area contributed by atoms with Crippen LogP contribution in [0.2, 0.25) is 0 Å². The number of rotatable bonds is 3. The number of nitriles is 1. The normalized spacial score (nSPS) is 10.7. The Morgan fingerprint density at radius 2 is 1.96 bits per heavy atom. The molecule has 0 atom stereocenters. The summed E-state index contributed by atoms with van der Waals surface area (Å²) >= 11 is 0. The lowest BCUT2D eigenvalue weighted by molar-refractivity contribution is 0.621. The molecular weight excluding hydrogens is 286 g/mol. The Bertz CT molecular complexity index is 987. The van der Waals surface area contributed by atoms with Gasteiger partial charge in [-0.3, -0.25) is 4.68 Å². The first-order chi connectivity index (χ1) is 11.3. The van der Waals surface area contributed by atoms with E-state index in [0.29, 0.717) is 12.1 Å². The lowest BCUT2D eigenvalue weighted by Gasteiger charge is -2.02. The summed E-state index contributed by atoms with van der Waals surface area (Å²) < 4.78 is 7.68. The maximum atomic E-state index is 8.97. The van der Waals surface area contributed by atoms with Gasteiger partial charge in [0.25, 0.3) is 0 Å². The predicted octanol–water partition coefficient (Wildman–Crippen LogP) is 4.22. The summed E-state index contributed by atoms with van der Waals surface area (Å²) in [5.74, 6) is 0.760. The fourth-order valence-corrected chi connectivity index (χ4v) is 2.62. The van der Waals surface area contributed by atoms with Gasteiger partial charge in [-0.05, 0) is 35.9 Å². The van der Waals surface area contributed by atoms with Gasteiger partial charge in [-0.2, -0.15) is 10.4 Å². The molecule has 0 aliphatic carbocycles. The van der Waals surface area contributed by atoms with Crippen molar-refractivity contribution >= 4 is 11.0 Å². The zero-order valence-corrected chi connectivity index (χ0v) is 12.3. The van der Waals surface area contributed by atoms with Crippen LogP contribution in [0.5, 0.6) is 0 Å². The van der Waals surface area contributed by atoms with E-state index in [0.717, 1.165) is 28.0 Å². The second-order valence-electron chi connectivity index (χ2n) is 5.36. The first-order valence-corrected chi connectivity index (χ1v) is 7.33. The van der Waals surface area contributed by atoms with E-state index in [1.807, 2.05) is 65.5 Å². The number of hydrogen-bond acceptors (Lipinski definition) is 3. The summed E-state index contributed by atoms with van der Waals surface area (Å²) in [6.07, 6.45) is 1.92. The van der Waals surface area contributed by atoms with Gasteiger partial charge in [-0.25, -0.2) is 0 Å². The average molecular weight is 299 g/mol. The third kappa shape index (κ3) is 2.60. The molecule has 4 heteroatoms. The highest BCUT2D eigenvalue weighted by Crippen LogP contribution is 2.26. The average Bonchev–Trinajstić information content (AvgIpc) is 3.21. The van der Waals surface area contributed by atoms with Crippen molar-refractivity contribution in [2.24, 2.45) is 0 Å². The summed E-state index contributed by atoms with van der Waals surface area (Å²) in [6.45, 7) is 0.621. The van der Waals surface area contributed by atoms with Gasteiger partial charge in [0, 0.05) is 11.6 Å². The zero-order chi connectivity index (χ0) is 15.6. The van der Waals surface area contributed by atoms with Gasteiger partial charge in [0.05, 0.1) is 18.2 Å². The van der Waals surface area contributed by atoms with Crippen LogP contribution in [-0.2, 0) is 6.54 Å². The van der Waals surface area contributed by atoms with E-state index in [1.165, 1.54) is 0 Å². The van der Waals surface area contributed by atoms with Gasteiger partial charge in [-0.15, -0.1) is 0 Å². The summed E-state index contributed by atoms with van der Waals surface area (Å²) in [7, 11) is 0. The van der Waals surface area contributed by atoms with Crippen molar-refractivity contribution in [1.29, 1.82) is 5.26 Å². The van der Waals surface area contributed by atoms with E-state index in [-0.39, 0.29) is 0 Å². The van der Waals surface area contributed by atoms with E-state index in [2.05, 4.69) is 11.2 Å². The van der Waals surface area contributed by atoms with Crippen molar-refractivity contribution in [3.05, 3.63) is 78.0 Å². The van der Waals surface area contributed by atoms with Crippen LogP contribution in [0, 0.1) is 11.3 Å². The highest BCUT2D eigenvalue weighted by molar-refractivity contribution is 5.81. The third-order valence-electron chi connectivity index (χ3n) is 3.72. The molecule has 2 heterocycles. The molecule has 0 spiro atoms. The molecule has 0 amide bonds. The Hall–Kier alpha value is -3.32. The second-order valence-corrected chi connectivity index (χ2v) is 5.36. The van der Waals surface area contributed by atoms with Crippen LogP contribution in [0.15, 0.2) is 71.3 Å². The quantitative estimate of drug-likeness (QED) is 0.569. The van der Waals surface area contributed by atoms with Gasteiger partial charge in [-0.1, -0.05) is 30.3 Å². The second kappa shape index (κ2) is 5.47. The van der Waals surface area contributed by atoms with E-state index in [9.17, 15) is 0 Å². The zero-order valence-electron chi connectivity index (χ0n) is 12.3. The molecule has 0 saturated heterocycles. The van der Waals surface area contributed by atoms with Crippen molar-refractivity contribution < 1.29 is 4.42 Å². The summed E-state index contributed by atoms with van der Waals surface area (Å²) in [6, 6.07) is 21.6. The lowest BCUT2D eigenvalue weighted by Crippen LogP contribution is -2.00. The number of benzene rings is 2. The highest BCUT2D eigenvalue weighted by Gasteiger charge is 2.09. The molecule has 0 unspecified atom stereocenters. The van der Waals surface area contributed by atoms with Gasteiger partial charge >= 0.3 is 0 Å². The van der Waals surface area contributed by atoms with Crippen LogP contribution in [0.1, 0.15) is 11.1 Å². The molecule has 0 aliphatic rings. The number of nitrogens with zero attached hydrogens (tertiary/aromatic N) is 3. The SMILES string of the molecule is N#Cc1cccc(Cn2ccc(-c3cc4ccccc4o3)n2)c1. The molecule has 110 valence electrons. The number of furan rings is 1. The molecule has 0 saturated carbocycles. The summed E-state index contributed by atoms with van der Waals surface area (Å²) in [4.78, 5) is 0. The summed E-state index contributed by atoms with van der Waals surface area (Å²) in [5, 5.41) is 14.6. The molecule has 4 rings (SSSR count). The van der Waals surface area contributed by atoms with Crippen molar-refractivity contribution in [1.82, 2.24) is 9.78 Å². The van der Waals surface area contributed by atoms with Gasteiger partial charge < -0.3 is 4.42 Å². The van der Waals surface area contributed by atoms with Crippen LogP contribution >= 0.6 is 0 Å². The third-order valence-corrected chi connectivity index (χ3v) is 3.72. The highest BCUT2D eigenvalue weighted by atomic mass is 16.3. The van der Waals surface area contributed by atoms with Crippen molar-refractivity contribution in [2.75, 3.05) is 0 Å². The molecule has 0 aliphatic heterocycles. The van der Waals surface area contributed by atoms with Crippen LogP contribution < -0.4 is 0 Å². The van der Waals surface area contributed by atoms with E-state index in [4.69, 9.17) is 9.68 Å². The fraction of sp³-hybridized carbons (Fsp3) is 0.0526. The molecule has 4 nitrogen and oxygen atoms in total. The minimum Gasteiger partial charge on any atom is -0.454 e. The van der Waals surface area contributed by atoms with E-state index < -0.39 is 0 Å². The largest absolute Gasteiger partial charge is 0.454 e. The fourth-order valence-electron chi connectivity index (χ4n) is 2.62. The molecular formula is C19H13N3O. The van der Waals surface area contributed by atoms with Gasteiger partial charge in [0.15, 0.2) is 5.76 Å². The van der Waals surface area contributed by atoms with Gasteiger partial charge in [0.2, 0.25) is 0 Å². The van der Waals surface area contributed by atoms with Crippen molar-refractivity contribution in [2.45, 2.75) is 6.54 Å². The van der Waals surface area contributed by atoms with E-state index >= 15 is 0 Å². The maximum absolute atomic E-state index is 8.97. The topological polar surface area (TPSA) is 54.8 Å². The molecule has 4 aromatic rings.